The molecule has 2 heteroatoms. The first-order chi connectivity index (χ1) is 7.67. The summed E-state index contributed by atoms with van der Waals surface area (Å²) in [5.41, 5.74) is 2.95. The lowest BCUT2D eigenvalue weighted by Gasteiger charge is -2.02. The number of esters is 1. The molecule has 0 spiro atoms. The molecule has 0 unspecified atom stereocenters. The van der Waals surface area contributed by atoms with Crippen molar-refractivity contribution in [3.05, 3.63) is 41.0 Å². The quantitative estimate of drug-likeness (QED) is 0.573. The summed E-state index contributed by atoms with van der Waals surface area (Å²) < 4.78 is 4.93. The molecule has 0 aromatic heterocycles. The van der Waals surface area contributed by atoms with Gasteiger partial charge < -0.3 is 4.74 Å². The number of carbonyl (C=O) groups excluding carboxylic acids is 1. The van der Waals surface area contributed by atoms with E-state index in [2.05, 4.69) is 19.1 Å². The monoisotopic (exact) mass is 218 g/mol. The highest BCUT2D eigenvalue weighted by Gasteiger charge is 2.04. The minimum absolute atomic E-state index is 0.246. The normalized spacial score (nSPS) is 11.3. The molecule has 0 aliphatic carbocycles. The van der Waals surface area contributed by atoms with Crippen molar-refractivity contribution in [1.29, 1.82) is 0 Å². The molecule has 1 aromatic carbocycles. The van der Waals surface area contributed by atoms with Crippen molar-refractivity contribution in [1.82, 2.24) is 0 Å². The maximum absolute atomic E-state index is 11.4. The Bertz CT molecular complexity index is 391. The van der Waals surface area contributed by atoms with E-state index in [1.165, 1.54) is 5.56 Å². The second kappa shape index (κ2) is 6.11. The highest BCUT2D eigenvalue weighted by molar-refractivity contribution is 5.92. The molecule has 0 saturated heterocycles. The Morgan fingerprint density at radius 1 is 1.38 bits per heavy atom. The summed E-state index contributed by atoms with van der Waals surface area (Å²) in [4.78, 5) is 11.4. The van der Waals surface area contributed by atoms with Crippen molar-refractivity contribution in [3.63, 3.8) is 0 Å². The summed E-state index contributed by atoms with van der Waals surface area (Å²) in [7, 11) is 0. The number of rotatable bonds is 4. The smallest absolute Gasteiger partial charge is 0.333 e. The predicted molar refractivity (Wildman–Crippen MR) is 66.1 cm³/mol. The summed E-state index contributed by atoms with van der Waals surface area (Å²) in [5.74, 6) is -0.246. The number of aryl methyl sites for hydroxylation is 1. The van der Waals surface area contributed by atoms with Gasteiger partial charge in [0.15, 0.2) is 0 Å². The molecule has 0 saturated carbocycles. The Balaban J connectivity index is 2.84. The van der Waals surface area contributed by atoms with E-state index in [-0.39, 0.29) is 5.97 Å². The Kier molecular flexibility index (Phi) is 4.77. The van der Waals surface area contributed by atoms with E-state index in [0.29, 0.717) is 12.2 Å². The van der Waals surface area contributed by atoms with Gasteiger partial charge in [-0.2, -0.15) is 0 Å². The molecule has 0 aliphatic rings. The average molecular weight is 218 g/mol. The minimum atomic E-state index is -0.246. The molecule has 0 aliphatic heterocycles. The van der Waals surface area contributed by atoms with Gasteiger partial charge in [0, 0.05) is 5.57 Å². The van der Waals surface area contributed by atoms with E-state index in [1.54, 1.807) is 6.92 Å². The standard InChI is InChI=1S/C14H18O2/c1-4-12-7-6-8-13(10-12)9-11(3)14(15)16-5-2/h6-10H,4-5H2,1-3H3/b11-9+. The van der Waals surface area contributed by atoms with Crippen LogP contribution in [0, 0.1) is 0 Å². The Hall–Kier alpha value is -1.57. The minimum Gasteiger partial charge on any atom is -0.463 e. The highest BCUT2D eigenvalue weighted by Crippen LogP contribution is 2.11. The third-order valence-corrected chi connectivity index (χ3v) is 2.34. The number of hydrogen-bond acceptors (Lipinski definition) is 2. The SMILES string of the molecule is CCOC(=O)/C(C)=C/c1cccc(CC)c1. The first kappa shape index (κ1) is 12.5. The van der Waals surface area contributed by atoms with Crippen molar-refractivity contribution in [2.24, 2.45) is 0 Å². The van der Waals surface area contributed by atoms with Crippen LogP contribution < -0.4 is 0 Å². The van der Waals surface area contributed by atoms with Gasteiger partial charge in [0.2, 0.25) is 0 Å². The van der Waals surface area contributed by atoms with E-state index in [4.69, 9.17) is 4.74 Å². The largest absolute Gasteiger partial charge is 0.463 e. The van der Waals surface area contributed by atoms with Crippen LogP contribution in [0.3, 0.4) is 0 Å². The fraction of sp³-hybridized carbons (Fsp3) is 0.357. The molecule has 86 valence electrons. The lowest BCUT2D eigenvalue weighted by Crippen LogP contribution is -2.04. The summed E-state index contributed by atoms with van der Waals surface area (Å²) in [6, 6.07) is 8.16. The third-order valence-electron chi connectivity index (χ3n) is 2.34. The summed E-state index contributed by atoms with van der Waals surface area (Å²) in [6.45, 7) is 6.11. The molecule has 0 fully saturated rings. The van der Waals surface area contributed by atoms with Crippen LogP contribution in [0.15, 0.2) is 29.8 Å². The van der Waals surface area contributed by atoms with Gasteiger partial charge in [-0.1, -0.05) is 31.2 Å². The van der Waals surface area contributed by atoms with Gasteiger partial charge in [-0.15, -0.1) is 0 Å². The van der Waals surface area contributed by atoms with E-state index in [1.807, 2.05) is 25.1 Å². The summed E-state index contributed by atoms with van der Waals surface area (Å²) in [5, 5.41) is 0. The first-order valence-corrected chi connectivity index (χ1v) is 5.61. The van der Waals surface area contributed by atoms with E-state index in [9.17, 15) is 4.79 Å². The van der Waals surface area contributed by atoms with Crippen LogP contribution in [-0.2, 0) is 16.0 Å². The van der Waals surface area contributed by atoms with Crippen LogP contribution in [0.4, 0.5) is 0 Å². The van der Waals surface area contributed by atoms with Crippen LogP contribution in [0.25, 0.3) is 6.08 Å². The number of benzene rings is 1. The third kappa shape index (κ3) is 3.54. The highest BCUT2D eigenvalue weighted by atomic mass is 16.5. The van der Waals surface area contributed by atoms with Crippen molar-refractivity contribution in [2.45, 2.75) is 27.2 Å². The zero-order valence-electron chi connectivity index (χ0n) is 10.1. The zero-order chi connectivity index (χ0) is 12.0. The van der Waals surface area contributed by atoms with Gasteiger partial charge >= 0.3 is 5.97 Å². The lowest BCUT2D eigenvalue weighted by molar-refractivity contribution is -0.138. The van der Waals surface area contributed by atoms with Crippen molar-refractivity contribution >= 4 is 12.0 Å². The van der Waals surface area contributed by atoms with Crippen LogP contribution in [0.2, 0.25) is 0 Å². The molecular formula is C14H18O2. The lowest BCUT2D eigenvalue weighted by atomic mass is 10.1. The Labute approximate surface area is 96.9 Å². The van der Waals surface area contributed by atoms with E-state index < -0.39 is 0 Å². The molecule has 0 bridgehead atoms. The summed E-state index contributed by atoms with van der Waals surface area (Å²) in [6.07, 6.45) is 2.86. The Morgan fingerprint density at radius 3 is 2.75 bits per heavy atom. The predicted octanol–water partition coefficient (Wildman–Crippen LogP) is 3.22. The zero-order valence-corrected chi connectivity index (χ0v) is 10.1. The van der Waals surface area contributed by atoms with Crippen LogP contribution in [-0.4, -0.2) is 12.6 Å². The van der Waals surface area contributed by atoms with Crippen molar-refractivity contribution < 1.29 is 9.53 Å². The molecule has 1 rings (SSSR count). The Morgan fingerprint density at radius 2 is 2.12 bits per heavy atom. The molecule has 0 atom stereocenters. The molecule has 0 radical (unpaired) electrons. The second-order valence-corrected chi connectivity index (χ2v) is 3.65. The maximum atomic E-state index is 11.4. The first-order valence-electron chi connectivity index (χ1n) is 5.61. The van der Waals surface area contributed by atoms with Gasteiger partial charge in [0.1, 0.15) is 0 Å². The number of ether oxygens (including phenoxy) is 1. The molecule has 0 heterocycles. The van der Waals surface area contributed by atoms with E-state index >= 15 is 0 Å². The van der Waals surface area contributed by atoms with Crippen molar-refractivity contribution in [3.8, 4) is 0 Å². The van der Waals surface area contributed by atoms with Crippen LogP contribution >= 0.6 is 0 Å². The molecule has 2 nitrogen and oxygen atoms in total. The summed E-state index contributed by atoms with van der Waals surface area (Å²) >= 11 is 0. The van der Waals surface area contributed by atoms with Gasteiger partial charge in [0.25, 0.3) is 0 Å². The average Bonchev–Trinajstić information content (AvgIpc) is 2.29. The number of hydrogen-bond donors (Lipinski definition) is 0. The molecule has 1 aromatic rings. The molecule has 0 N–H and O–H groups in total. The topological polar surface area (TPSA) is 26.3 Å². The molecule has 16 heavy (non-hydrogen) atoms. The molecule has 0 amide bonds. The fourth-order valence-corrected chi connectivity index (χ4v) is 1.46. The van der Waals surface area contributed by atoms with E-state index in [0.717, 1.165) is 12.0 Å². The van der Waals surface area contributed by atoms with Gasteiger partial charge in [-0.3, -0.25) is 0 Å². The van der Waals surface area contributed by atoms with Crippen LogP contribution in [0.5, 0.6) is 0 Å². The van der Waals surface area contributed by atoms with Gasteiger partial charge in [-0.05, 0) is 37.5 Å². The fourth-order valence-electron chi connectivity index (χ4n) is 1.46. The van der Waals surface area contributed by atoms with Crippen molar-refractivity contribution in [2.75, 3.05) is 6.61 Å². The second-order valence-electron chi connectivity index (χ2n) is 3.65. The van der Waals surface area contributed by atoms with Gasteiger partial charge in [-0.25, -0.2) is 4.79 Å². The number of carbonyl (C=O) groups is 1. The molecular weight excluding hydrogens is 200 g/mol. The maximum Gasteiger partial charge on any atom is 0.333 e. The van der Waals surface area contributed by atoms with Crippen LogP contribution in [0.1, 0.15) is 31.9 Å². The van der Waals surface area contributed by atoms with Gasteiger partial charge in [0.05, 0.1) is 6.61 Å².